The van der Waals surface area contributed by atoms with E-state index in [1.54, 1.807) is 6.20 Å². The fourth-order valence-corrected chi connectivity index (χ4v) is 3.94. The monoisotopic (exact) mass is 384 g/mol. The molecule has 140 valence electrons. The summed E-state index contributed by atoms with van der Waals surface area (Å²) in [7, 11) is 0. The van der Waals surface area contributed by atoms with Crippen LogP contribution in [0.4, 0.5) is 11.8 Å². The molecule has 5 rings (SSSR count). The van der Waals surface area contributed by atoms with Crippen molar-refractivity contribution in [2.24, 2.45) is 0 Å². The number of nitrogen functional groups attached to an aromatic ring is 1. The van der Waals surface area contributed by atoms with Crippen molar-refractivity contribution in [3.05, 3.63) is 35.2 Å². The number of hydrogen-bond acceptors (Lipinski definition) is 6. The Morgan fingerprint density at radius 1 is 1.19 bits per heavy atom. The zero-order valence-electron chi connectivity index (χ0n) is 15.2. The first-order chi connectivity index (χ1) is 13.0. The molecular weight excluding hydrogens is 364 g/mol. The number of aromatic nitrogens is 4. The average molecular weight is 385 g/mol. The number of nitrogens with two attached hydrogens (primary N) is 1. The maximum Gasteiger partial charge on any atom is 0.220 e. The van der Waals surface area contributed by atoms with Gasteiger partial charge >= 0.3 is 0 Å². The van der Waals surface area contributed by atoms with Crippen LogP contribution < -0.4 is 10.6 Å². The van der Waals surface area contributed by atoms with Crippen LogP contribution in [-0.2, 0) is 10.2 Å². The fraction of sp³-hybridized carbons (Fsp3) is 0.421. The molecule has 1 aliphatic heterocycles. The second-order valence-corrected chi connectivity index (χ2v) is 7.92. The molecule has 0 aromatic carbocycles. The van der Waals surface area contributed by atoms with Crippen LogP contribution in [0.5, 0.6) is 0 Å². The second kappa shape index (κ2) is 6.07. The summed E-state index contributed by atoms with van der Waals surface area (Å²) in [6, 6.07) is 4.00. The molecule has 0 atom stereocenters. The van der Waals surface area contributed by atoms with E-state index in [4.69, 9.17) is 27.1 Å². The van der Waals surface area contributed by atoms with Gasteiger partial charge in [0.1, 0.15) is 5.65 Å². The van der Waals surface area contributed by atoms with Crippen LogP contribution in [0.25, 0.3) is 16.9 Å². The maximum absolute atomic E-state index is 6.32. The summed E-state index contributed by atoms with van der Waals surface area (Å²) in [6.45, 7) is 5.53. The summed E-state index contributed by atoms with van der Waals surface area (Å²) in [6.07, 6.45) is 5.95. The first-order valence-electron chi connectivity index (χ1n) is 9.19. The van der Waals surface area contributed by atoms with Gasteiger partial charge in [-0.15, -0.1) is 0 Å². The molecule has 0 amide bonds. The van der Waals surface area contributed by atoms with E-state index in [-0.39, 0.29) is 11.4 Å². The maximum atomic E-state index is 6.32. The van der Waals surface area contributed by atoms with Crippen LogP contribution in [0, 0.1) is 0 Å². The predicted molar refractivity (Wildman–Crippen MR) is 105 cm³/mol. The van der Waals surface area contributed by atoms with Gasteiger partial charge in [0.2, 0.25) is 5.95 Å². The SMILES string of the molecule is CC1(c2c(N3CCOCC3)nc3ccc(-c4nc(N)ncc4Cl)cn23)CC1. The van der Waals surface area contributed by atoms with Crippen molar-refractivity contribution in [3.8, 4) is 11.3 Å². The van der Waals surface area contributed by atoms with Crippen molar-refractivity contribution in [2.75, 3.05) is 36.9 Å². The number of hydrogen-bond donors (Lipinski definition) is 1. The van der Waals surface area contributed by atoms with Crippen LogP contribution in [0.15, 0.2) is 24.5 Å². The van der Waals surface area contributed by atoms with Gasteiger partial charge in [-0.25, -0.2) is 15.0 Å². The van der Waals surface area contributed by atoms with Crippen LogP contribution in [0.1, 0.15) is 25.5 Å². The Hall–Kier alpha value is -2.38. The average Bonchev–Trinajstić information content (AvgIpc) is 3.30. The van der Waals surface area contributed by atoms with E-state index in [2.05, 4.69) is 32.4 Å². The smallest absolute Gasteiger partial charge is 0.220 e. The van der Waals surface area contributed by atoms with Gasteiger partial charge in [-0.1, -0.05) is 18.5 Å². The van der Waals surface area contributed by atoms with Crippen molar-refractivity contribution in [3.63, 3.8) is 0 Å². The van der Waals surface area contributed by atoms with E-state index < -0.39 is 0 Å². The van der Waals surface area contributed by atoms with Gasteiger partial charge in [0.15, 0.2) is 5.82 Å². The van der Waals surface area contributed by atoms with E-state index in [9.17, 15) is 0 Å². The number of ether oxygens (including phenoxy) is 1. The molecule has 1 saturated carbocycles. The van der Waals surface area contributed by atoms with E-state index in [1.165, 1.54) is 18.5 Å². The Bertz CT molecular complexity index is 1020. The molecule has 0 radical (unpaired) electrons. The molecule has 0 spiro atoms. The third-order valence-electron chi connectivity index (χ3n) is 5.52. The standard InChI is InChI=1S/C19H21ClN6O/c1-19(4-5-19)16-17(25-6-8-27-9-7-25)23-14-3-2-12(11-26(14)16)15-13(20)10-22-18(21)24-15/h2-3,10-11H,4-9H2,1H3,(H2,21,22,24). The lowest BCUT2D eigenvalue weighted by Gasteiger charge is -2.28. The topological polar surface area (TPSA) is 81.6 Å². The summed E-state index contributed by atoms with van der Waals surface area (Å²) in [4.78, 5) is 15.6. The molecule has 8 heteroatoms. The Kier molecular flexibility index (Phi) is 3.77. The molecule has 1 saturated heterocycles. The zero-order valence-corrected chi connectivity index (χ0v) is 15.9. The van der Waals surface area contributed by atoms with E-state index in [0.29, 0.717) is 10.7 Å². The van der Waals surface area contributed by atoms with Crippen molar-refractivity contribution in [2.45, 2.75) is 25.2 Å². The van der Waals surface area contributed by atoms with Crippen molar-refractivity contribution < 1.29 is 4.74 Å². The molecule has 3 aromatic rings. The van der Waals surface area contributed by atoms with Gasteiger partial charge in [-0.2, -0.15) is 0 Å². The first kappa shape index (κ1) is 16.8. The minimum absolute atomic E-state index is 0.153. The molecule has 3 aromatic heterocycles. The minimum Gasteiger partial charge on any atom is -0.378 e. The largest absolute Gasteiger partial charge is 0.378 e. The van der Waals surface area contributed by atoms with Gasteiger partial charge < -0.3 is 19.8 Å². The second-order valence-electron chi connectivity index (χ2n) is 7.51. The molecule has 27 heavy (non-hydrogen) atoms. The zero-order chi connectivity index (χ0) is 18.6. The minimum atomic E-state index is 0.153. The highest BCUT2D eigenvalue weighted by molar-refractivity contribution is 6.32. The van der Waals surface area contributed by atoms with E-state index in [0.717, 1.165) is 43.3 Å². The highest BCUT2D eigenvalue weighted by Gasteiger charge is 2.45. The Balaban J connectivity index is 1.69. The van der Waals surface area contributed by atoms with Gasteiger partial charge in [0.05, 0.1) is 35.8 Å². The number of rotatable bonds is 3. The fourth-order valence-electron chi connectivity index (χ4n) is 3.74. The molecule has 4 heterocycles. The summed E-state index contributed by atoms with van der Waals surface area (Å²) in [5.41, 5.74) is 9.66. The van der Waals surface area contributed by atoms with Gasteiger partial charge in [0, 0.05) is 30.3 Å². The molecule has 2 fully saturated rings. The molecule has 7 nitrogen and oxygen atoms in total. The van der Waals surface area contributed by atoms with Crippen molar-refractivity contribution in [1.82, 2.24) is 19.4 Å². The number of pyridine rings is 1. The van der Waals surface area contributed by atoms with Crippen molar-refractivity contribution in [1.29, 1.82) is 0 Å². The normalized spacial score (nSPS) is 18.8. The van der Waals surface area contributed by atoms with Crippen molar-refractivity contribution >= 4 is 29.0 Å². The molecule has 2 N–H and O–H groups in total. The van der Waals surface area contributed by atoms with Crippen LogP contribution >= 0.6 is 11.6 Å². The first-order valence-corrected chi connectivity index (χ1v) is 9.57. The van der Waals surface area contributed by atoms with Crippen LogP contribution in [0.3, 0.4) is 0 Å². The van der Waals surface area contributed by atoms with Gasteiger partial charge in [0.25, 0.3) is 0 Å². The Morgan fingerprint density at radius 2 is 1.96 bits per heavy atom. The summed E-state index contributed by atoms with van der Waals surface area (Å²) >= 11 is 6.32. The van der Waals surface area contributed by atoms with E-state index >= 15 is 0 Å². The molecule has 2 aliphatic rings. The number of fused-ring (bicyclic) bond motifs is 1. The number of nitrogens with zero attached hydrogens (tertiary/aromatic N) is 5. The van der Waals surface area contributed by atoms with Crippen LogP contribution in [0.2, 0.25) is 5.02 Å². The number of morpholine rings is 1. The number of halogens is 1. The third kappa shape index (κ3) is 2.82. The molecule has 0 unspecified atom stereocenters. The quantitative estimate of drug-likeness (QED) is 0.747. The predicted octanol–water partition coefficient (Wildman–Crippen LogP) is 2.92. The molecular formula is C19H21ClN6O. The Labute approximate surface area is 162 Å². The number of imidazole rings is 1. The third-order valence-corrected chi connectivity index (χ3v) is 5.80. The van der Waals surface area contributed by atoms with Gasteiger partial charge in [-0.05, 0) is 25.0 Å². The van der Waals surface area contributed by atoms with Crippen LogP contribution in [-0.4, -0.2) is 45.7 Å². The molecule has 1 aliphatic carbocycles. The molecule has 0 bridgehead atoms. The summed E-state index contributed by atoms with van der Waals surface area (Å²) in [5.74, 6) is 1.28. The summed E-state index contributed by atoms with van der Waals surface area (Å²) in [5, 5.41) is 0.483. The Morgan fingerprint density at radius 3 is 2.70 bits per heavy atom. The van der Waals surface area contributed by atoms with Gasteiger partial charge in [-0.3, -0.25) is 0 Å². The lowest BCUT2D eigenvalue weighted by molar-refractivity contribution is 0.122. The van der Waals surface area contributed by atoms with E-state index in [1.807, 2.05) is 12.1 Å². The highest BCUT2D eigenvalue weighted by Crippen LogP contribution is 2.51. The number of anilines is 2. The lowest BCUT2D eigenvalue weighted by Crippen LogP contribution is -2.37. The lowest BCUT2D eigenvalue weighted by atomic mass is 10.0. The summed E-state index contributed by atoms with van der Waals surface area (Å²) < 4.78 is 7.72. The highest BCUT2D eigenvalue weighted by atomic mass is 35.5.